The monoisotopic (exact) mass is 513 g/mol. The molecule has 0 atom stereocenters. The molecular weight excluding hydrogens is 501 g/mol. The molecule has 0 spiro atoms. The number of para-hydroxylation sites is 1. The Hall–Kier alpha value is -2.96. The van der Waals surface area contributed by atoms with Crippen molar-refractivity contribution in [2.24, 2.45) is 0 Å². The lowest BCUT2D eigenvalue weighted by Crippen LogP contribution is -2.11. The normalized spacial score (nSPS) is 11.6. The van der Waals surface area contributed by atoms with Gasteiger partial charge in [0.25, 0.3) is 5.56 Å². The highest BCUT2D eigenvalue weighted by molar-refractivity contribution is 14.1. The number of rotatable bonds is 3. The van der Waals surface area contributed by atoms with E-state index in [0.717, 1.165) is 9.26 Å². The first kappa shape index (κ1) is 19.4. The van der Waals surface area contributed by atoms with E-state index >= 15 is 0 Å². The number of aromatic nitrogens is 4. The lowest BCUT2D eigenvalue weighted by atomic mass is 10.1. The van der Waals surface area contributed by atoms with Crippen LogP contribution in [-0.4, -0.2) is 19.7 Å². The van der Waals surface area contributed by atoms with Crippen molar-refractivity contribution in [3.8, 4) is 11.8 Å². The molecule has 0 aliphatic carbocycles. The van der Waals surface area contributed by atoms with Gasteiger partial charge in [-0.25, -0.2) is 9.67 Å². The Bertz CT molecular complexity index is 1370. The van der Waals surface area contributed by atoms with Gasteiger partial charge in [-0.15, -0.1) is 0 Å². The van der Waals surface area contributed by atoms with Crippen LogP contribution in [-0.2, 0) is 0 Å². The lowest BCUT2D eigenvalue weighted by Gasteiger charge is -2.03. The summed E-state index contributed by atoms with van der Waals surface area (Å²) >= 11 is 8.68. The van der Waals surface area contributed by atoms with Crippen molar-refractivity contribution < 1.29 is 0 Å². The van der Waals surface area contributed by atoms with E-state index < -0.39 is 0 Å². The first-order valence-corrected chi connectivity index (χ1v) is 10.1. The molecule has 4 aromatic rings. The number of halogens is 2. The molecular formula is C21H13ClIN5O. The average molecular weight is 514 g/mol. The average Bonchev–Trinajstić information content (AvgIpc) is 3.01. The van der Waals surface area contributed by atoms with Crippen molar-refractivity contribution in [3.63, 3.8) is 0 Å². The number of hydrogen-bond acceptors (Lipinski definition) is 4. The van der Waals surface area contributed by atoms with E-state index in [1.54, 1.807) is 22.9 Å². The summed E-state index contributed by atoms with van der Waals surface area (Å²) in [6.45, 7) is 1.81. The van der Waals surface area contributed by atoms with Crippen LogP contribution < -0.4 is 5.56 Å². The molecule has 2 aromatic heterocycles. The second-order valence-corrected chi connectivity index (χ2v) is 7.89. The number of nitrogens with one attached hydrogen (secondary N) is 1. The zero-order valence-corrected chi connectivity index (χ0v) is 18.1. The van der Waals surface area contributed by atoms with Crippen LogP contribution in [0.15, 0.2) is 53.3 Å². The topological polar surface area (TPSA) is 87.4 Å². The van der Waals surface area contributed by atoms with Gasteiger partial charge in [0.15, 0.2) is 5.82 Å². The molecule has 0 fully saturated rings. The summed E-state index contributed by atoms with van der Waals surface area (Å²) in [6.07, 6.45) is 1.60. The summed E-state index contributed by atoms with van der Waals surface area (Å²) in [5.41, 5.74) is 2.48. The lowest BCUT2D eigenvalue weighted by molar-refractivity contribution is 0.863. The Balaban J connectivity index is 1.85. The molecule has 0 saturated heterocycles. The van der Waals surface area contributed by atoms with Gasteiger partial charge in [-0.1, -0.05) is 29.8 Å². The number of aromatic amines is 1. The quantitative estimate of drug-likeness (QED) is 0.317. The number of hydrogen-bond donors (Lipinski definition) is 1. The van der Waals surface area contributed by atoms with Gasteiger partial charge in [0.2, 0.25) is 0 Å². The fourth-order valence-corrected chi connectivity index (χ4v) is 3.77. The summed E-state index contributed by atoms with van der Waals surface area (Å²) in [5.74, 6) is 0.189. The second-order valence-electron chi connectivity index (χ2n) is 6.28. The molecule has 1 N–H and O–H groups in total. The van der Waals surface area contributed by atoms with Gasteiger partial charge < -0.3 is 4.98 Å². The number of aryl methyl sites for hydroxylation is 1. The summed E-state index contributed by atoms with van der Waals surface area (Å²) < 4.78 is 2.54. The third-order valence-corrected chi connectivity index (χ3v) is 5.42. The molecule has 0 amide bonds. The second kappa shape index (κ2) is 7.81. The third kappa shape index (κ3) is 3.69. The number of H-pyrrole nitrogens is 1. The Morgan fingerprint density at radius 1 is 1.28 bits per heavy atom. The zero-order chi connectivity index (χ0) is 20.5. The molecule has 142 valence electrons. The van der Waals surface area contributed by atoms with E-state index in [2.05, 4.69) is 43.7 Å². The molecule has 0 radical (unpaired) electrons. The minimum Gasteiger partial charge on any atom is -0.305 e. The molecule has 2 heterocycles. The van der Waals surface area contributed by atoms with Gasteiger partial charge in [0, 0.05) is 9.13 Å². The smallest absolute Gasteiger partial charge is 0.259 e. The summed E-state index contributed by atoms with van der Waals surface area (Å²) in [7, 11) is 0. The van der Waals surface area contributed by atoms with E-state index in [4.69, 9.17) is 11.6 Å². The van der Waals surface area contributed by atoms with Crippen molar-refractivity contribution in [1.82, 2.24) is 19.7 Å². The van der Waals surface area contributed by atoms with Gasteiger partial charge in [0.1, 0.15) is 11.2 Å². The third-order valence-electron chi connectivity index (χ3n) is 4.38. The summed E-state index contributed by atoms with van der Waals surface area (Å²) in [4.78, 5) is 19.6. The van der Waals surface area contributed by atoms with Crippen molar-refractivity contribution in [1.29, 1.82) is 5.26 Å². The minimum absolute atomic E-state index is 0.189. The number of nitriles is 1. The highest BCUT2D eigenvalue weighted by atomic mass is 127. The van der Waals surface area contributed by atoms with Crippen LogP contribution in [0.1, 0.15) is 17.1 Å². The number of fused-ring (bicyclic) bond motifs is 1. The molecule has 2 aromatic carbocycles. The maximum atomic E-state index is 12.5. The first-order chi connectivity index (χ1) is 14.0. The van der Waals surface area contributed by atoms with Crippen LogP contribution >= 0.6 is 34.2 Å². The van der Waals surface area contributed by atoms with Crippen molar-refractivity contribution in [3.05, 3.63) is 84.7 Å². The van der Waals surface area contributed by atoms with Crippen molar-refractivity contribution >= 4 is 56.7 Å². The van der Waals surface area contributed by atoms with Gasteiger partial charge in [0.05, 0.1) is 27.9 Å². The standard InChI is InChI=1S/C21H13ClIN5O/c1-12-16(19(22)28(27-12)15-5-3-2-4-6-15)9-13(11-24)20-25-18-8-7-14(23)10-17(18)21(29)26-20/h2-10H,1H3,(H,25,26,29)/b13-9+. The molecule has 8 heteroatoms. The fraction of sp³-hybridized carbons (Fsp3) is 0.0476. The molecule has 0 unspecified atom stereocenters. The van der Waals surface area contributed by atoms with Crippen LogP contribution in [0.3, 0.4) is 0 Å². The van der Waals surface area contributed by atoms with Gasteiger partial charge in [-0.05, 0) is 65.9 Å². The van der Waals surface area contributed by atoms with E-state index in [1.807, 2.05) is 43.3 Å². The van der Waals surface area contributed by atoms with Crippen LogP contribution in [0.2, 0.25) is 5.15 Å². The van der Waals surface area contributed by atoms with Crippen LogP contribution in [0, 0.1) is 21.8 Å². The largest absolute Gasteiger partial charge is 0.305 e. The van der Waals surface area contributed by atoms with Gasteiger partial charge >= 0.3 is 0 Å². The SMILES string of the molecule is Cc1nn(-c2ccccc2)c(Cl)c1/C=C(\C#N)c1nc2ccc(I)cc2c(=O)[nH]1. The van der Waals surface area contributed by atoms with Crippen LogP contribution in [0.4, 0.5) is 0 Å². The molecule has 4 rings (SSSR count). The maximum absolute atomic E-state index is 12.5. The summed E-state index contributed by atoms with van der Waals surface area (Å²) in [6, 6.07) is 17.0. The minimum atomic E-state index is -0.299. The predicted molar refractivity (Wildman–Crippen MR) is 122 cm³/mol. The molecule has 0 aliphatic rings. The molecule has 29 heavy (non-hydrogen) atoms. The van der Waals surface area contributed by atoms with Crippen molar-refractivity contribution in [2.75, 3.05) is 0 Å². The Labute approximate surface area is 184 Å². The Morgan fingerprint density at radius 2 is 2.03 bits per heavy atom. The molecule has 6 nitrogen and oxygen atoms in total. The fourth-order valence-electron chi connectivity index (χ4n) is 2.95. The highest BCUT2D eigenvalue weighted by Crippen LogP contribution is 2.27. The van der Waals surface area contributed by atoms with E-state index in [-0.39, 0.29) is 17.0 Å². The van der Waals surface area contributed by atoms with Crippen LogP contribution in [0.25, 0.3) is 28.2 Å². The van der Waals surface area contributed by atoms with E-state index in [1.165, 1.54) is 0 Å². The predicted octanol–water partition coefficient (Wildman–Crippen LogP) is 4.74. The first-order valence-electron chi connectivity index (χ1n) is 8.60. The Morgan fingerprint density at radius 3 is 2.76 bits per heavy atom. The van der Waals surface area contributed by atoms with Gasteiger partial charge in [-0.3, -0.25) is 4.79 Å². The molecule has 0 bridgehead atoms. The highest BCUT2D eigenvalue weighted by Gasteiger charge is 2.16. The van der Waals surface area contributed by atoms with Crippen molar-refractivity contribution in [2.45, 2.75) is 6.92 Å². The molecule has 0 saturated carbocycles. The van der Waals surface area contributed by atoms with E-state index in [0.29, 0.717) is 27.3 Å². The number of nitrogens with zero attached hydrogens (tertiary/aromatic N) is 4. The maximum Gasteiger partial charge on any atom is 0.259 e. The molecule has 0 aliphatic heterocycles. The van der Waals surface area contributed by atoms with Crippen LogP contribution in [0.5, 0.6) is 0 Å². The van der Waals surface area contributed by atoms with Gasteiger partial charge in [-0.2, -0.15) is 10.4 Å². The number of allylic oxidation sites excluding steroid dienone is 1. The van der Waals surface area contributed by atoms with E-state index in [9.17, 15) is 10.1 Å². The number of benzene rings is 2. The Kier molecular flexibility index (Phi) is 5.22. The summed E-state index contributed by atoms with van der Waals surface area (Å²) in [5, 5.41) is 15.0. The zero-order valence-electron chi connectivity index (χ0n) is 15.1.